The second-order valence-corrected chi connectivity index (χ2v) is 3.86. The van der Waals surface area contributed by atoms with Gasteiger partial charge in [-0.25, -0.2) is 0 Å². The normalized spacial score (nSPS) is 11.6. The molecule has 1 N–H and O–H groups in total. The van der Waals surface area contributed by atoms with Crippen LogP contribution in [0.5, 0.6) is 0 Å². The predicted octanol–water partition coefficient (Wildman–Crippen LogP) is 2.28. The Bertz CT molecular complexity index is 373. The summed E-state index contributed by atoms with van der Waals surface area (Å²) in [4.78, 5) is 11.5. The van der Waals surface area contributed by atoms with Gasteiger partial charge in [0.15, 0.2) is 17.8 Å². The van der Waals surface area contributed by atoms with Crippen LogP contribution in [0.3, 0.4) is 0 Å². The van der Waals surface area contributed by atoms with E-state index in [1.807, 2.05) is 37.3 Å². The highest BCUT2D eigenvalue weighted by Gasteiger charge is 2.16. The van der Waals surface area contributed by atoms with Crippen LogP contribution in [0, 0.1) is 0 Å². The van der Waals surface area contributed by atoms with Crippen molar-refractivity contribution in [2.24, 2.45) is 0 Å². The van der Waals surface area contributed by atoms with E-state index in [1.165, 1.54) is 6.92 Å². The zero-order chi connectivity index (χ0) is 12.7. The Hall–Kier alpha value is -1.77. The number of rotatable bonds is 7. The molecule has 3 heteroatoms. The number of carbonyl (C=O) groups excluding carboxylic acids is 1. The van der Waals surface area contributed by atoms with Crippen LogP contribution in [0.4, 0.5) is 0 Å². The summed E-state index contributed by atoms with van der Waals surface area (Å²) in [5.74, 6) is 0.455. The van der Waals surface area contributed by atoms with Crippen molar-refractivity contribution in [3.8, 4) is 0 Å². The summed E-state index contributed by atoms with van der Waals surface area (Å²) in [5, 5.41) is 2.95. The molecule has 0 heterocycles. The summed E-state index contributed by atoms with van der Waals surface area (Å²) in [5.41, 5.74) is 1.08. The van der Waals surface area contributed by atoms with Crippen molar-refractivity contribution in [3.63, 3.8) is 0 Å². The summed E-state index contributed by atoms with van der Waals surface area (Å²) in [6.07, 6.45) is 0.101. The lowest BCUT2D eigenvalue weighted by Crippen LogP contribution is -2.28. The van der Waals surface area contributed by atoms with Gasteiger partial charge >= 0.3 is 0 Å². The van der Waals surface area contributed by atoms with Crippen LogP contribution in [0.25, 0.3) is 0 Å². The van der Waals surface area contributed by atoms with E-state index in [-0.39, 0.29) is 5.78 Å². The first-order valence-electron chi connectivity index (χ1n) is 5.77. The molecule has 0 amide bonds. The fourth-order valence-electron chi connectivity index (χ4n) is 1.51. The fourth-order valence-corrected chi connectivity index (χ4v) is 1.51. The molecule has 1 aromatic rings. The lowest BCUT2D eigenvalue weighted by Gasteiger charge is -2.18. The summed E-state index contributed by atoms with van der Waals surface area (Å²) in [6.45, 7) is 7.94. The Morgan fingerprint density at radius 1 is 1.41 bits per heavy atom. The monoisotopic (exact) mass is 233 g/mol. The first-order valence-corrected chi connectivity index (χ1v) is 5.77. The van der Waals surface area contributed by atoms with E-state index in [9.17, 15) is 4.79 Å². The maximum atomic E-state index is 11.5. The smallest absolute Gasteiger partial charge is 0.180 e. The first kappa shape index (κ1) is 13.3. The average molecular weight is 233 g/mol. The van der Waals surface area contributed by atoms with Gasteiger partial charge in [-0.3, -0.25) is 4.79 Å². The van der Waals surface area contributed by atoms with Crippen molar-refractivity contribution >= 4 is 5.78 Å². The van der Waals surface area contributed by atoms with E-state index >= 15 is 0 Å². The predicted molar refractivity (Wildman–Crippen MR) is 68.5 cm³/mol. The second-order valence-electron chi connectivity index (χ2n) is 3.86. The Morgan fingerprint density at radius 2 is 2.06 bits per heavy atom. The summed E-state index contributed by atoms with van der Waals surface area (Å²) < 4.78 is 5.50. The molecule has 0 fully saturated rings. The van der Waals surface area contributed by atoms with E-state index < -0.39 is 6.10 Å². The topological polar surface area (TPSA) is 38.3 Å². The highest BCUT2D eigenvalue weighted by atomic mass is 16.5. The number of nitrogens with one attached hydrogen (secondary N) is 1. The zero-order valence-corrected chi connectivity index (χ0v) is 10.4. The van der Waals surface area contributed by atoms with Gasteiger partial charge in [-0.1, -0.05) is 30.3 Å². The van der Waals surface area contributed by atoms with E-state index in [0.717, 1.165) is 12.1 Å². The van der Waals surface area contributed by atoms with Crippen molar-refractivity contribution in [2.45, 2.75) is 26.4 Å². The molecular formula is C14H19NO2. The van der Waals surface area contributed by atoms with Crippen LogP contribution in [0.1, 0.15) is 19.4 Å². The van der Waals surface area contributed by atoms with Crippen molar-refractivity contribution < 1.29 is 9.53 Å². The second kappa shape index (κ2) is 6.74. The quantitative estimate of drug-likeness (QED) is 0.734. The molecule has 1 rings (SSSR count). The van der Waals surface area contributed by atoms with Gasteiger partial charge in [-0.15, -0.1) is 0 Å². The molecule has 0 unspecified atom stereocenters. The Kier molecular flexibility index (Phi) is 5.27. The van der Waals surface area contributed by atoms with Gasteiger partial charge in [0.1, 0.15) is 0 Å². The van der Waals surface area contributed by atoms with Crippen LogP contribution >= 0.6 is 0 Å². The molecule has 0 radical (unpaired) electrons. The molecule has 0 aliphatic heterocycles. The van der Waals surface area contributed by atoms with Crippen molar-refractivity contribution in [2.75, 3.05) is 6.54 Å². The number of ketones is 1. The largest absolute Gasteiger partial charge is 0.468 e. The lowest BCUT2D eigenvalue weighted by molar-refractivity contribution is -0.126. The van der Waals surface area contributed by atoms with Crippen LogP contribution in [-0.4, -0.2) is 18.4 Å². The van der Waals surface area contributed by atoms with Crippen LogP contribution < -0.4 is 5.32 Å². The van der Waals surface area contributed by atoms with Crippen molar-refractivity contribution in [3.05, 3.63) is 48.4 Å². The van der Waals surface area contributed by atoms with Crippen LogP contribution in [0.15, 0.2) is 42.8 Å². The van der Waals surface area contributed by atoms with Crippen molar-refractivity contribution in [1.29, 1.82) is 0 Å². The third-order valence-electron chi connectivity index (χ3n) is 2.38. The maximum Gasteiger partial charge on any atom is 0.180 e. The molecule has 17 heavy (non-hydrogen) atoms. The van der Waals surface area contributed by atoms with Gasteiger partial charge in [0, 0.05) is 13.0 Å². The van der Waals surface area contributed by atoms with Crippen LogP contribution in [-0.2, 0) is 16.0 Å². The molecule has 92 valence electrons. The van der Waals surface area contributed by atoms with Gasteiger partial charge in [0.25, 0.3) is 0 Å². The number of ether oxygens (including phenoxy) is 1. The maximum absolute atomic E-state index is 11.5. The molecular weight excluding hydrogens is 214 g/mol. The molecule has 0 saturated carbocycles. The van der Waals surface area contributed by atoms with E-state index in [2.05, 4.69) is 11.9 Å². The molecule has 1 atom stereocenters. The summed E-state index contributed by atoms with van der Waals surface area (Å²) >= 11 is 0. The molecule has 0 spiro atoms. The molecule has 0 aliphatic carbocycles. The molecule has 1 aromatic carbocycles. The zero-order valence-electron chi connectivity index (χ0n) is 10.4. The molecule has 0 aromatic heterocycles. The van der Waals surface area contributed by atoms with Crippen molar-refractivity contribution in [1.82, 2.24) is 5.32 Å². The van der Waals surface area contributed by atoms with Gasteiger partial charge in [0.2, 0.25) is 0 Å². The minimum atomic E-state index is -0.469. The number of carbonyl (C=O) groups is 1. The van der Waals surface area contributed by atoms with E-state index in [4.69, 9.17) is 4.74 Å². The Balaban J connectivity index is 2.61. The third kappa shape index (κ3) is 4.72. The van der Waals surface area contributed by atoms with Gasteiger partial charge < -0.3 is 10.1 Å². The Labute approximate surface area is 102 Å². The molecule has 0 bridgehead atoms. The highest BCUT2D eigenvalue weighted by Crippen LogP contribution is 2.09. The van der Waals surface area contributed by atoms with E-state index in [0.29, 0.717) is 12.3 Å². The molecule has 0 saturated heterocycles. The summed E-state index contributed by atoms with van der Waals surface area (Å²) in [6, 6.07) is 9.81. The highest BCUT2D eigenvalue weighted by molar-refractivity contribution is 5.80. The molecule has 3 nitrogen and oxygen atoms in total. The van der Waals surface area contributed by atoms with Gasteiger partial charge in [-0.05, 0) is 26.0 Å². The van der Waals surface area contributed by atoms with E-state index in [1.54, 1.807) is 0 Å². The van der Waals surface area contributed by atoms with Crippen LogP contribution in [0.2, 0.25) is 0 Å². The fraction of sp³-hybridized carbons (Fsp3) is 0.357. The standard InChI is InChI=1S/C14H19NO2/c1-4-15-12(3)17-14(11(2)16)10-13-8-6-5-7-9-13/h5-9,14-15H,3-4,10H2,1-2H3/t14-/m1/s1. The Morgan fingerprint density at radius 3 is 2.59 bits per heavy atom. The SMILES string of the molecule is C=C(NCC)O[C@H](Cc1ccccc1)C(C)=O. The molecule has 0 aliphatic rings. The third-order valence-corrected chi connectivity index (χ3v) is 2.38. The minimum Gasteiger partial charge on any atom is -0.468 e. The number of hydrogen-bond donors (Lipinski definition) is 1. The number of hydrogen-bond acceptors (Lipinski definition) is 3. The lowest BCUT2D eigenvalue weighted by atomic mass is 10.1. The number of Topliss-reactive ketones (excluding diaryl/α,β-unsaturated/α-hetero) is 1. The number of benzene rings is 1. The first-order chi connectivity index (χ1) is 8.13. The van der Waals surface area contributed by atoms with Gasteiger partial charge in [0.05, 0.1) is 0 Å². The summed E-state index contributed by atoms with van der Waals surface area (Å²) in [7, 11) is 0. The van der Waals surface area contributed by atoms with Gasteiger partial charge in [-0.2, -0.15) is 0 Å². The minimum absolute atomic E-state index is 0.00732. The average Bonchev–Trinajstić information content (AvgIpc) is 2.29.